The predicted octanol–water partition coefficient (Wildman–Crippen LogP) is 2.15. The van der Waals surface area contributed by atoms with Crippen LogP contribution in [-0.4, -0.2) is 25.4 Å². The molecule has 1 amide bonds. The van der Waals surface area contributed by atoms with E-state index in [4.69, 9.17) is 15.2 Å². The van der Waals surface area contributed by atoms with Gasteiger partial charge in [0.2, 0.25) is 12.7 Å². The molecule has 24 heavy (non-hydrogen) atoms. The fourth-order valence-electron chi connectivity index (χ4n) is 3.13. The maximum atomic E-state index is 12.6. The number of amides is 1. The Morgan fingerprint density at radius 2 is 2.08 bits per heavy atom. The van der Waals surface area contributed by atoms with E-state index in [1.807, 2.05) is 0 Å². The van der Waals surface area contributed by atoms with Crippen LogP contribution >= 0.6 is 0 Å². The Labute approximate surface area is 138 Å². The standard InChI is InChI=1S/C16H20F2N2O4/c17-16(18)24-12-6-14-13(22-8-23-14)4-10(12)7-20-15(21)5-9-2-1-3-11(9)19/h4,6,9,11,16H,1-3,5,7-8,19H2,(H,20,21)/t9-,11+/m0/s1. The molecule has 6 nitrogen and oxygen atoms in total. The number of rotatable bonds is 6. The van der Waals surface area contributed by atoms with Crippen molar-refractivity contribution in [3.63, 3.8) is 0 Å². The summed E-state index contributed by atoms with van der Waals surface area (Å²) >= 11 is 0. The summed E-state index contributed by atoms with van der Waals surface area (Å²) in [6.07, 6.45) is 3.26. The molecule has 3 rings (SSSR count). The summed E-state index contributed by atoms with van der Waals surface area (Å²) in [5.41, 5.74) is 6.37. The van der Waals surface area contributed by atoms with Gasteiger partial charge in [-0.05, 0) is 24.8 Å². The highest BCUT2D eigenvalue weighted by molar-refractivity contribution is 5.76. The zero-order valence-corrected chi connectivity index (χ0v) is 13.1. The number of hydrogen-bond acceptors (Lipinski definition) is 5. The summed E-state index contributed by atoms with van der Waals surface area (Å²) in [5, 5.41) is 2.74. The highest BCUT2D eigenvalue weighted by atomic mass is 19.3. The zero-order valence-electron chi connectivity index (χ0n) is 13.1. The fourth-order valence-corrected chi connectivity index (χ4v) is 3.13. The van der Waals surface area contributed by atoms with Gasteiger partial charge in [-0.1, -0.05) is 6.42 Å². The van der Waals surface area contributed by atoms with Crippen LogP contribution < -0.4 is 25.3 Å². The monoisotopic (exact) mass is 342 g/mol. The van der Waals surface area contributed by atoms with E-state index in [1.54, 1.807) is 6.07 Å². The molecule has 0 spiro atoms. The van der Waals surface area contributed by atoms with E-state index in [0.29, 0.717) is 23.5 Å². The van der Waals surface area contributed by atoms with Crippen LogP contribution in [0.15, 0.2) is 12.1 Å². The molecule has 8 heteroatoms. The molecule has 1 aliphatic heterocycles. The molecule has 0 saturated heterocycles. The first-order valence-electron chi connectivity index (χ1n) is 7.92. The summed E-state index contributed by atoms with van der Waals surface area (Å²) in [5.74, 6) is 0.778. The van der Waals surface area contributed by atoms with Crippen molar-refractivity contribution in [1.82, 2.24) is 5.32 Å². The van der Waals surface area contributed by atoms with Crippen molar-refractivity contribution in [2.24, 2.45) is 11.7 Å². The number of fused-ring (bicyclic) bond motifs is 1. The van der Waals surface area contributed by atoms with Gasteiger partial charge in [0, 0.05) is 30.6 Å². The average Bonchev–Trinajstić information content (AvgIpc) is 3.13. The molecule has 0 radical (unpaired) electrons. The van der Waals surface area contributed by atoms with Gasteiger partial charge in [-0.3, -0.25) is 4.79 Å². The summed E-state index contributed by atoms with van der Waals surface area (Å²) in [7, 11) is 0. The van der Waals surface area contributed by atoms with Crippen molar-refractivity contribution in [1.29, 1.82) is 0 Å². The Balaban J connectivity index is 1.64. The van der Waals surface area contributed by atoms with Crippen molar-refractivity contribution in [3.8, 4) is 17.2 Å². The highest BCUT2D eigenvalue weighted by Crippen LogP contribution is 2.38. The van der Waals surface area contributed by atoms with E-state index < -0.39 is 6.61 Å². The molecular formula is C16H20F2N2O4. The van der Waals surface area contributed by atoms with Gasteiger partial charge in [0.1, 0.15) is 5.75 Å². The van der Waals surface area contributed by atoms with Gasteiger partial charge < -0.3 is 25.3 Å². The largest absolute Gasteiger partial charge is 0.454 e. The Bertz CT molecular complexity index is 612. The van der Waals surface area contributed by atoms with E-state index in [2.05, 4.69) is 10.1 Å². The summed E-state index contributed by atoms with van der Waals surface area (Å²) in [4.78, 5) is 12.1. The molecule has 1 saturated carbocycles. The SMILES string of the molecule is N[C@@H]1CCC[C@H]1CC(=O)NCc1cc2c(cc1OC(F)F)OCO2. The molecule has 1 heterocycles. The molecule has 3 N–H and O–H groups in total. The van der Waals surface area contributed by atoms with Crippen LogP contribution in [0.1, 0.15) is 31.2 Å². The van der Waals surface area contributed by atoms with Crippen LogP contribution in [0.4, 0.5) is 8.78 Å². The lowest BCUT2D eigenvalue weighted by atomic mass is 10.00. The number of halogens is 2. The molecule has 0 aromatic heterocycles. The molecule has 1 aliphatic carbocycles. The van der Waals surface area contributed by atoms with E-state index in [9.17, 15) is 13.6 Å². The predicted molar refractivity (Wildman–Crippen MR) is 81.0 cm³/mol. The fraction of sp³-hybridized carbons (Fsp3) is 0.562. The van der Waals surface area contributed by atoms with Crippen LogP contribution in [0.25, 0.3) is 0 Å². The molecule has 1 fully saturated rings. The van der Waals surface area contributed by atoms with Gasteiger partial charge >= 0.3 is 6.61 Å². The van der Waals surface area contributed by atoms with Gasteiger partial charge in [0.05, 0.1) is 0 Å². The Morgan fingerprint density at radius 1 is 1.33 bits per heavy atom. The molecule has 2 atom stereocenters. The van der Waals surface area contributed by atoms with Crippen molar-refractivity contribution in [2.45, 2.75) is 44.9 Å². The third-order valence-corrected chi connectivity index (χ3v) is 4.41. The summed E-state index contributed by atoms with van der Waals surface area (Å²) in [6.45, 7) is -2.87. The third kappa shape index (κ3) is 3.87. The second kappa shape index (κ2) is 7.21. The van der Waals surface area contributed by atoms with Gasteiger partial charge in [-0.25, -0.2) is 0 Å². The maximum absolute atomic E-state index is 12.6. The lowest BCUT2D eigenvalue weighted by Gasteiger charge is -2.16. The van der Waals surface area contributed by atoms with Gasteiger partial charge in [0.15, 0.2) is 11.5 Å². The first-order chi connectivity index (χ1) is 11.5. The molecule has 1 aromatic rings. The van der Waals surface area contributed by atoms with Gasteiger partial charge in [-0.15, -0.1) is 0 Å². The minimum Gasteiger partial charge on any atom is -0.454 e. The number of ether oxygens (including phenoxy) is 3. The molecule has 2 aliphatic rings. The molecule has 0 unspecified atom stereocenters. The van der Waals surface area contributed by atoms with Gasteiger partial charge in [0.25, 0.3) is 0 Å². The van der Waals surface area contributed by atoms with Gasteiger partial charge in [-0.2, -0.15) is 8.78 Å². The van der Waals surface area contributed by atoms with Crippen molar-refractivity contribution in [2.75, 3.05) is 6.79 Å². The Hall–Kier alpha value is -2.09. The Morgan fingerprint density at radius 3 is 2.75 bits per heavy atom. The number of nitrogens with one attached hydrogen (secondary N) is 1. The molecule has 132 valence electrons. The number of alkyl halides is 2. The van der Waals surface area contributed by atoms with Crippen molar-refractivity contribution < 1.29 is 27.8 Å². The number of benzene rings is 1. The minimum absolute atomic E-state index is 0.0266. The second-order valence-electron chi connectivity index (χ2n) is 6.03. The smallest absolute Gasteiger partial charge is 0.387 e. The summed E-state index contributed by atoms with van der Waals surface area (Å²) in [6, 6.07) is 2.95. The van der Waals surface area contributed by atoms with Crippen LogP contribution in [0.2, 0.25) is 0 Å². The van der Waals surface area contributed by atoms with E-state index in [-0.39, 0.29) is 37.0 Å². The quantitative estimate of drug-likeness (QED) is 0.828. The average molecular weight is 342 g/mol. The number of carbonyl (C=O) groups excluding carboxylic acids is 1. The van der Waals surface area contributed by atoms with Crippen molar-refractivity contribution in [3.05, 3.63) is 17.7 Å². The van der Waals surface area contributed by atoms with Crippen LogP contribution in [0, 0.1) is 5.92 Å². The summed E-state index contributed by atoms with van der Waals surface area (Å²) < 4.78 is 40.0. The van der Waals surface area contributed by atoms with E-state index in [0.717, 1.165) is 19.3 Å². The van der Waals surface area contributed by atoms with Crippen LogP contribution in [0.5, 0.6) is 17.2 Å². The number of nitrogens with two attached hydrogens (primary N) is 1. The van der Waals surface area contributed by atoms with Crippen LogP contribution in [0.3, 0.4) is 0 Å². The van der Waals surface area contributed by atoms with Crippen LogP contribution in [-0.2, 0) is 11.3 Å². The lowest BCUT2D eigenvalue weighted by Crippen LogP contribution is -2.31. The second-order valence-corrected chi connectivity index (χ2v) is 6.03. The lowest BCUT2D eigenvalue weighted by molar-refractivity contribution is -0.122. The third-order valence-electron chi connectivity index (χ3n) is 4.41. The highest BCUT2D eigenvalue weighted by Gasteiger charge is 2.26. The van der Waals surface area contributed by atoms with E-state index in [1.165, 1.54) is 6.07 Å². The number of hydrogen-bond donors (Lipinski definition) is 2. The first kappa shape index (κ1) is 16.8. The molecular weight excluding hydrogens is 322 g/mol. The maximum Gasteiger partial charge on any atom is 0.387 e. The molecule has 0 bridgehead atoms. The zero-order chi connectivity index (χ0) is 17.1. The van der Waals surface area contributed by atoms with E-state index >= 15 is 0 Å². The normalized spacial score (nSPS) is 22.0. The Kier molecular flexibility index (Phi) is 5.03. The minimum atomic E-state index is -2.96. The van der Waals surface area contributed by atoms with Crippen molar-refractivity contribution >= 4 is 5.91 Å². The first-order valence-corrected chi connectivity index (χ1v) is 7.92. The number of carbonyl (C=O) groups is 1. The molecule has 1 aromatic carbocycles. The topological polar surface area (TPSA) is 82.8 Å².